The van der Waals surface area contributed by atoms with Crippen molar-refractivity contribution >= 4 is 0 Å². The van der Waals surface area contributed by atoms with Crippen molar-refractivity contribution in [2.45, 2.75) is 12.5 Å². The lowest BCUT2D eigenvalue weighted by molar-refractivity contribution is 0.276. The molecule has 0 saturated heterocycles. The van der Waals surface area contributed by atoms with Gasteiger partial charge in [0.15, 0.2) is 0 Å². The van der Waals surface area contributed by atoms with Crippen LogP contribution in [0.3, 0.4) is 0 Å². The number of benzene rings is 1. The summed E-state index contributed by atoms with van der Waals surface area (Å²) in [6, 6.07) is 3.82. The van der Waals surface area contributed by atoms with Crippen LogP contribution in [0.5, 0.6) is 11.5 Å². The summed E-state index contributed by atoms with van der Waals surface area (Å²) in [5.74, 6) is -0.0493. The van der Waals surface area contributed by atoms with Crippen molar-refractivity contribution in [3.8, 4) is 11.5 Å². The second kappa shape index (κ2) is 4.11. The van der Waals surface area contributed by atoms with Gasteiger partial charge in [-0.05, 0) is 24.1 Å². The van der Waals surface area contributed by atoms with Gasteiger partial charge in [-0.1, -0.05) is 0 Å². The van der Waals surface area contributed by atoms with Gasteiger partial charge in [0.2, 0.25) is 0 Å². The highest BCUT2D eigenvalue weighted by molar-refractivity contribution is 5.37. The predicted molar refractivity (Wildman–Crippen MR) is 48.4 cm³/mol. The maximum atomic E-state index is 9.13. The van der Waals surface area contributed by atoms with Crippen LogP contribution in [0.1, 0.15) is 18.0 Å². The van der Waals surface area contributed by atoms with Crippen LogP contribution in [0.25, 0.3) is 0 Å². The molecule has 4 nitrogen and oxygen atoms in total. The third-order valence-electron chi connectivity index (χ3n) is 1.79. The van der Waals surface area contributed by atoms with E-state index in [1.165, 1.54) is 18.2 Å². The summed E-state index contributed by atoms with van der Waals surface area (Å²) >= 11 is 0. The van der Waals surface area contributed by atoms with Crippen LogP contribution in [0, 0.1) is 0 Å². The predicted octanol–water partition coefficient (Wildman–Crippen LogP) is 0.480. The molecule has 0 radical (unpaired) electrons. The first-order valence-corrected chi connectivity index (χ1v) is 4.03. The van der Waals surface area contributed by atoms with E-state index in [2.05, 4.69) is 0 Å². The maximum absolute atomic E-state index is 9.13. The fraction of sp³-hybridized carbons (Fsp3) is 0.333. The van der Waals surface area contributed by atoms with E-state index in [1.807, 2.05) is 0 Å². The molecule has 72 valence electrons. The Bertz CT molecular complexity index is 268. The van der Waals surface area contributed by atoms with Crippen LogP contribution in [0.2, 0.25) is 0 Å². The molecular formula is C9H13NO3. The summed E-state index contributed by atoms with van der Waals surface area (Å²) in [6.07, 6.45) is 0.406. The second-order valence-corrected chi connectivity index (χ2v) is 2.90. The normalized spacial score (nSPS) is 12.8. The quantitative estimate of drug-likeness (QED) is 0.549. The number of hydrogen-bond acceptors (Lipinski definition) is 4. The lowest BCUT2D eigenvalue weighted by atomic mass is 10.0. The van der Waals surface area contributed by atoms with Gasteiger partial charge in [0.1, 0.15) is 11.5 Å². The maximum Gasteiger partial charge on any atom is 0.119 e. The Labute approximate surface area is 76.2 Å². The van der Waals surface area contributed by atoms with Crippen molar-refractivity contribution in [2.75, 3.05) is 6.61 Å². The van der Waals surface area contributed by atoms with E-state index >= 15 is 0 Å². The minimum absolute atomic E-state index is 0.0163. The molecular weight excluding hydrogens is 170 g/mol. The molecule has 1 aromatic carbocycles. The molecule has 0 aliphatic heterocycles. The molecule has 0 aliphatic rings. The average molecular weight is 183 g/mol. The zero-order valence-electron chi connectivity index (χ0n) is 7.14. The SMILES string of the molecule is N[C@@H](CCO)c1cc(O)cc(O)c1. The van der Waals surface area contributed by atoms with Crippen molar-refractivity contribution in [2.24, 2.45) is 5.73 Å². The van der Waals surface area contributed by atoms with Crippen LogP contribution in [0.15, 0.2) is 18.2 Å². The van der Waals surface area contributed by atoms with Gasteiger partial charge in [-0.25, -0.2) is 0 Å². The van der Waals surface area contributed by atoms with E-state index in [0.717, 1.165) is 0 Å². The van der Waals surface area contributed by atoms with Crippen LogP contribution in [-0.2, 0) is 0 Å². The highest BCUT2D eigenvalue weighted by Crippen LogP contribution is 2.24. The van der Waals surface area contributed by atoms with Crippen molar-refractivity contribution < 1.29 is 15.3 Å². The number of hydrogen-bond donors (Lipinski definition) is 4. The molecule has 0 aliphatic carbocycles. The van der Waals surface area contributed by atoms with Gasteiger partial charge >= 0.3 is 0 Å². The first kappa shape index (κ1) is 9.83. The fourth-order valence-electron chi connectivity index (χ4n) is 1.14. The van der Waals surface area contributed by atoms with Crippen molar-refractivity contribution in [1.29, 1.82) is 0 Å². The Hall–Kier alpha value is -1.26. The Morgan fingerprint density at radius 2 is 1.69 bits per heavy atom. The molecule has 0 aromatic heterocycles. The number of phenolic OH excluding ortho intramolecular Hbond substituents is 2. The molecule has 0 amide bonds. The zero-order valence-corrected chi connectivity index (χ0v) is 7.14. The van der Waals surface area contributed by atoms with E-state index in [4.69, 9.17) is 21.1 Å². The van der Waals surface area contributed by atoms with Crippen LogP contribution in [0.4, 0.5) is 0 Å². The van der Waals surface area contributed by atoms with Crippen LogP contribution in [-0.4, -0.2) is 21.9 Å². The lowest BCUT2D eigenvalue weighted by Crippen LogP contribution is -2.11. The topological polar surface area (TPSA) is 86.7 Å². The lowest BCUT2D eigenvalue weighted by Gasteiger charge is -2.10. The standard InChI is InChI=1S/C9H13NO3/c10-9(1-2-11)6-3-7(12)5-8(13)4-6/h3-5,9,11-13H,1-2,10H2/t9-/m0/s1. The summed E-state index contributed by atoms with van der Waals surface area (Å²) in [6.45, 7) is -0.0163. The molecule has 1 rings (SSSR count). The highest BCUT2D eigenvalue weighted by atomic mass is 16.3. The molecule has 1 atom stereocenters. The smallest absolute Gasteiger partial charge is 0.119 e. The van der Waals surface area contributed by atoms with E-state index < -0.39 is 0 Å². The molecule has 0 unspecified atom stereocenters. The number of nitrogens with two attached hydrogens (primary N) is 1. The Kier molecular flexibility index (Phi) is 3.11. The minimum atomic E-state index is -0.358. The molecule has 0 spiro atoms. The zero-order chi connectivity index (χ0) is 9.84. The molecule has 1 aromatic rings. The second-order valence-electron chi connectivity index (χ2n) is 2.90. The van der Waals surface area contributed by atoms with E-state index in [0.29, 0.717) is 12.0 Å². The summed E-state index contributed by atoms with van der Waals surface area (Å²) in [5.41, 5.74) is 6.28. The molecule has 5 N–H and O–H groups in total. The first-order chi connectivity index (χ1) is 6.13. The molecule has 4 heteroatoms. The summed E-state index contributed by atoms with van der Waals surface area (Å²) in [7, 11) is 0. The van der Waals surface area contributed by atoms with Gasteiger partial charge in [0.25, 0.3) is 0 Å². The third kappa shape index (κ3) is 2.61. The first-order valence-electron chi connectivity index (χ1n) is 4.03. The van der Waals surface area contributed by atoms with Crippen molar-refractivity contribution in [1.82, 2.24) is 0 Å². The van der Waals surface area contributed by atoms with Gasteiger partial charge < -0.3 is 21.1 Å². The van der Waals surface area contributed by atoms with Crippen molar-refractivity contribution in [3.05, 3.63) is 23.8 Å². The molecule has 0 heterocycles. The van der Waals surface area contributed by atoms with Crippen LogP contribution < -0.4 is 5.73 Å². The summed E-state index contributed by atoms with van der Waals surface area (Å²) in [4.78, 5) is 0. The summed E-state index contributed by atoms with van der Waals surface area (Å²) < 4.78 is 0. The van der Waals surface area contributed by atoms with Crippen LogP contribution >= 0.6 is 0 Å². The van der Waals surface area contributed by atoms with E-state index in [1.54, 1.807) is 0 Å². The number of aromatic hydroxyl groups is 2. The summed E-state index contributed by atoms with van der Waals surface area (Å²) in [5, 5.41) is 26.9. The van der Waals surface area contributed by atoms with Gasteiger partial charge in [0.05, 0.1) is 0 Å². The minimum Gasteiger partial charge on any atom is -0.508 e. The Morgan fingerprint density at radius 3 is 2.15 bits per heavy atom. The van der Waals surface area contributed by atoms with Gasteiger partial charge in [-0.15, -0.1) is 0 Å². The van der Waals surface area contributed by atoms with E-state index in [9.17, 15) is 0 Å². The van der Waals surface area contributed by atoms with Gasteiger partial charge in [-0.3, -0.25) is 0 Å². The number of phenols is 2. The Morgan fingerprint density at radius 1 is 1.15 bits per heavy atom. The number of rotatable bonds is 3. The molecule has 13 heavy (non-hydrogen) atoms. The van der Waals surface area contributed by atoms with E-state index in [-0.39, 0.29) is 24.1 Å². The van der Waals surface area contributed by atoms with Crippen molar-refractivity contribution in [3.63, 3.8) is 0 Å². The molecule has 0 saturated carbocycles. The third-order valence-corrected chi connectivity index (χ3v) is 1.79. The number of aliphatic hydroxyl groups excluding tert-OH is 1. The van der Waals surface area contributed by atoms with Gasteiger partial charge in [0, 0.05) is 18.7 Å². The average Bonchev–Trinajstić information content (AvgIpc) is 2.03. The Balaban J connectivity index is 2.87. The fourth-order valence-corrected chi connectivity index (χ4v) is 1.14. The highest BCUT2D eigenvalue weighted by Gasteiger charge is 2.07. The monoisotopic (exact) mass is 183 g/mol. The number of aliphatic hydroxyl groups is 1. The molecule has 0 bridgehead atoms. The molecule has 0 fully saturated rings. The van der Waals surface area contributed by atoms with Gasteiger partial charge in [-0.2, -0.15) is 0 Å². The largest absolute Gasteiger partial charge is 0.508 e.